The van der Waals surface area contributed by atoms with Crippen LogP contribution in [-0.4, -0.2) is 40.3 Å². The van der Waals surface area contributed by atoms with Crippen molar-refractivity contribution >= 4 is 40.2 Å². The molecule has 0 aliphatic carbocycles. The van der Waals surface area contributed by atoms with E-state index in [4.69, 9.17) is 16.3 Å². The summed E-state index contributed by atoms with van der Waals surface area (Å²) in [6.45, 7) is 0.500. The maximum absolute atomic E-state index is 13.5. The van der Waals surface area contributed by atoms with Gasteiger partial charge in [-0.05, 0) is 35.9 Å². The molecule has 1 heterocycles. The number of carbonyl (C=O) groups is 1. The van der Waals surface area contributed by atoms with Crippen LogP contribution in [-0.2, 0) is 11.3 Å². The Morgan fingerprint density at radius 3 is 2.58 bits per heavy atom. The van der Waals surface area contributed by atoms with Gasteiger partial charge in [-0.2, -0.15) is 0 Å². The number of nitrogens with zero attached hydrogens (tertiary/aromatic N) is 3. The molecule has 0 unspecified atom stereocenters. The number of rotatable bonds is 7. The molecule has 0 fully saturated rings. The van der Waals surface area contributed by atoms with Gasteiger partial charge in [-0.3, -0.25) is 14.2 Å². The zero-order valence-corrected chi connectivity index (χ0v) is 19.8. The van der Waals surface area contributed by atoms with E-state index in [0.717, 1.165) is 5.56 Å². The zero-order chi connectivity index (χ0) is 23.4. The van der Waals surface area contributed by atoms with Crippen LogP contribution in [0.15, 0.2) is 82.7 Å². The van der Waals surface area contributed by atoms with E-state index in [1.807, 2.05) is 42.5 Å². The molecule has 4 rings (SSSR count). The molecule has 0 radical (unpaired) electrons. The van der Waals surface area contributed by atoms with E-state index in [1.165, 1.54) is 16.3 Å². The quantitative estimate of drug-likeness (QED) is 0.281. The van der Waals surface area contributed by atoms with Gasteiger partial charge in [0.05, 0.1) is 29.5 Å². The fourth-order valence-corrected chi connectivity index (χ4v) is 4.56. The number of hydrogen-bond donors (Lipinski definition) is 0. The molecule has 33 heavy (non-hydrogen) atoms. The molecule has 0 aliphatic rings. The van der Waals surface area contributed by atoms with E-state index in [2.05, 4.69) is 4.98 Å². The van der Waals surface area contributed by atoms with Crippen LogP contribution in [0.5, 0.6) is 5.75 Å². The van der Waals surface area contributed by atoms with Gasteiger partial charge < -0.3 is 9.64 Å². The number of benzene rings is 3. The summed E-state index contributed by atoms with van der Waals surface area (Å²) in [5, 5.41) is 1.31. The number of thioether (sulfide) groups is 1. The number of halogens is 1. The van der Waals surface area contributed by atoms with E-state index in [-0.39, 0.29) is 17.2 Å². The van der Waals surface area contributed by atoms with Crippen LogP contribution in [0.2, 0.25) is 5.02 Å². The molecule has 0 aliphatic heterocycles. The van der Waals surface area contributed by atoms with E-state index < -0.39 is 0 Å². The van der Waals surface area contributed by atoms with E-state index in [0.29, 0.717) is 39.1 Å². The molecule has 6 nitrogen and oxygen atoms in total. The summed E-state index contributed by atoms with van der Waals surface area (Å²) in [4.78, 5) is 32.6. The van der Waals surface area contributed by atoms with Crippen molar-refractivity contribution in [1.82, 2.24) is 14.5 Å². The standard InChI is InChI=1S/C25H22ClN3O3S/c1-28(15-17-8-4-3-5-9-17)23(30)16-33-25-27-20-14-18(26)12-13-19(20)24(31)29(25)21-10-6-7-11-22(21)32-2/h3-14H,15-16H2,1-2H3. The van der Waals surface area contributed by atoms with Crippen LogP contribution < -0.4 is 10.3 Å². The highest BCUT2D eigenvalue weighted by atomic mass is 35.5. The zero-order valence-electron chi connectivity index (χ0n) is 18.2. The highest BCUT2D eigenvalue weighted by Crippen LogP contribution is 2.28. The smallest absolute Gasteiger partial charge is 0.266 e. The molecular weight excluding hydrogens is 458 g/mol. The maximum atomic E-state index is 13.5. The third kappa shape index (κ3) is 5.05. The topological polar surface area (TPSA) is 64.4 Å². The summed E-state index contributed by atoms with van der Waals surface area (Å²) in [7, 11) is 3.31. The first-order chi connectivity index (χ1) is 16.0. The second-order valence-corrected chi connectivity index (χ2v) is 8.77. The Morgan fingerprint density at radius 1 is 1.09 bits per heavy atom. The number of para-hydroxylation sites is 2. The van der Waals surface area contributed by atoms with Crippen molar-refractivity contribution in [3.05, 3.63) is 93.7 Å². The first-order valence-electron chi connectivity index (χ1n) is 10.2. The highest BCUT2D eigenvalue weighted by molar-refractivity contribution is 7.99. The molecule has 3 aromatic carbocycles. The molecule has 8 heteroatoms. The van der Waals surface area contributed by atoms with Crippen LogP contribution >= 0.6 is 23.4 Å². The van der Waals surface area contributed by atoms with Crippen molar-refractivity contribution in [1.29, 1.82) is 0 Å². The normalized spacial score (nSPS) is 10.9. The number of carbonyl (C=O) groups excluding carboxylic acids is 1. The molecule has 0 bridgehead atoms. The van der Waals surface area contributed by atoms with Gasteiger partial charge in [0.1, 0.15) is 5.75 Å². The lowest BCUT2D eigenvalue weighted by atomic mass is 10.2. The third-order valence-electron chi connectivity index (χ3n) is 5.14. The number of fused-ring (bicyclic) bond motifs is 1. The number of methoxy groups -OCH3 is 1. The summed E-state index contributed by atoms with van der Waals surface area (Å²) in [5.74, 6) is 0.580. The first-order valence-corrected chi connectivity index (χ1v) is 11.6. The minimum atomic E-state index is -0.256. The van der Waals surface area contributed by atoms with Crippen molar-refractivity contribution < 1.29 is 9.53 Å². The number of ether oxygens (including phenoxy) is 1. The summed E-state index contributed by atoms with van der Waals surface area (Å²) < 4.78 is 6.97. The van der Waals surface area contributed by atoms with Crippen LogP contribution in [0.3, 0.4) is 0 Å². The number of aromatic nitrogens is 2. The van der Waals surface area contributed by atoms with Gasteiger partial charge in [-0.1, -0.05) is 65.8 Å². The van der Waals surface area contributed by atoms with Crippen molar-refractivity contribution in [3.63, 3.8) is 0 Å². The first kappa shape index (κ1) is 22.9. The van der Waals surface area contributed by atoms with Crippen molar-refractivity contribution in [2.45, 2.75) is 11.7 Å². The molecule has 0 saturated carbocycles. The third-order valence-corrected chi connectivity index (χ3v) is 6.30. The second kappa shape index (κ2) is 10.1. The Morgan fingerprint density at radius 2 is 1.82 bits per heavy atom. The van der Waals surface area contributed by atoms with Gasteiger partial charge in [-0.15, -0.1) is 0 Å². The average molecular weight is 480 g/mol. The Hall–Kier alpha value is -3.29. The molecule has 0 spiro atoms. The van der Waals surface area contributed by atoms with E-state index >= 15 is 0 Å². The van der Waals surface area contributed by atoms with Gasteiger partial charge in [0, 0.05) is 18.6 Å². The number of hydrogen-bond acceptors (Lipinski definition) is 5. The Kier molecular flexibility index (Phi) is 7.01. The summed E-state index contributed by atoms with van der Waals surface area (Å²) in [6.07, 6.45) is 0. The molecule has 0 saturated heterocycles. The Labute approximate surface area is 200 Å². The van der Waals surface area contributed by atoms with Gasteiger partial charge in [0.2, 0.25) is 5.91 Å². The van der Waals surface area contributed by atoms with E-state index in [9.17, 15) is 9.59 Å². The fraction of sp³-hybridized carbons (Fsp3) is 0.160. The monoisotopic (exact) mass is 479 g/mol. The molecule has 168 valence electrons. The minimum absolute atomic E-state index is 0.0733. The molecule has 1 aromatic heterocycles. The van der Waals surface area contributed by atoms with Crippen LogP contribution in [0, 0.1) is 0 Å². The average Bonchev–Trinajstić information content (AvgIpc) is 2.83. The van der Waals surface area contributed by atoms with Gasteiger partial charge in [0.15, 0.2) is 5.16 Å². The Bertz CT molecular complexity index is 1360. The second-order valence-electron chi connectivity index (χ2n) is 7.39. The summed E-state index contributed by atoms with van der Waals surface area (Å²) in [5.41, 5.74) is 1.82. The van der Waals surface area contributed by atoms with Gasteiger partial charge >= 0.3 is 0 Å². The molecule has 4 aromatic rings. The van der Waals surface area contributed by atoms with Crippen LogP contribution in [0.25, 0.3) is 16.6 Å². The molecule has 0 atom stereocenters. The van der Waals surface area contributed by atoms with Crippen molar-refractivity contribution in [3.8, 4) is 11.4 Å². The predicted octanol–water partition coefficient (Wildman–Crippen LogP) is 4.80. The van der Waals surface area contributed by atoms with E-state index in [1.54, 1.807) is 49.4 Å². The molecular formula is C25H22ClN3O3S. The highest BCUT2D eigenvalue weighted by Gasteiger charge is 2.18. The minimum Gasteiger partial charge on any atom is -0.495 e. The lowest BCUT2D eigenvalue weighted by Gasteiger charge is -2.18. The lowest BCUT2D eigenvalue weighted by Crippen LogP contribution is -2.28. The molecule has 1 amide bonds. The van der Waals surface area contributed by atoms with Crippen molar-refractivity contribution in [2.75, 3.05) is 19.9 Å². The maximum Gasteiger partial charge on any atom is 0.266 e. The summed E-state index contributed by atoms with van der Waals surface area (Å²) in [6, 6.07) is 22.0. The van der Waals surface area contributed by atoms with Crippen molar-refractivity contribution in [2.24, 2.45) is 0 Å². The lowest BCUT2D eigenvalue weighted by molar-refractivity contribution is -0.127. The van der Waals surface area contributed by atoms with Crippen LogP contribution in [0.4, 0.5) is 0 Å². The SMILES string of the molecule is COc1ccccc1-n1c(SCC(=O)N(C)Cc2ccccc2)nc2cc(Cl)ccc2c1=O. The number of amides is 1. The van der Waals surface area contributed by atoms with Gasteiger partial charge in [-0.25, -0.2) is 4.98 Å². The largest absolute Gasteiger partial charge is 0.495 e. The van der Waals surface area contributed by atoms with Crippen LogP contribution in [0.1, 0.15) is 5.56 Å². The van der Waals surface area contributed by atoms with Gasteiger partial charge in [0.25, 0.3) is 5.56 Å². The fourth-order valence-electron chi connectivity index (χ4n) is 3.44. The predicted molar refractivity (Wildman–Crippen MR) is 133 cm³/mol. The Balaban J connectivity index is 1.70. The molecule has 0 N–H and O–H groups in total. The summed E-state index contributed by atoms with van der Waals surface area (Å²) >= 11 is 7.34.